The van der Waals surface area contributed by atoms with Gasteiger partial charge in [0.25, 0.3) is 5.91 Å². The molecule has 148 valence electrons. The maximum Gasteiger partial charge on any atom is 0.267 e. The van der Waals surface area contributed by atoms with Crippen LogP contribution in [0.3, 0.4) is 0 Å². The van der Waals surface area contributed by atoms with Crippen LogP contribution in [-0.4, -0.2) is 31.3 Å². The van der Waals surface area contributed by atoms with E-state index in [1.54, 1.807) is 18.4 Å². The third kappa shape index (κ3) is 3.97. The lowest BCUT2D eigenvalue weighted by Crippen LogP contribution is -2.42. The molecule has 0 unspecified atom stereocenters. The van der Waals surface area contributed by atoms with E-state index < -0.39 is 5.60 Å². The van der Waals surface area contributed by atoms with E-state index in [0.29, 0.717) is 11.4 Å². The molecule has 0 atom stereocenters. The van der Waals surface area contributed by atoms with Crippen LogP contribution in [0.2, 0.25) is 0 Å². The van der Waals surface area contributed by atoms with E-state index in [-0.39, 0.29) is 5.91 Å². The fourth-order valence-corrected chi connectivity index (χ4v) is 3.67. The highest BCUT2D eigenvalue weighted by atomic mass is 32.1. The zero-order valence-corrected chi connectivity index (χ0v) is 17.2. The number of carbonyl (C=O) groups is 1. The molecule has 4 aromatic rings. The summed E-state index contributed by atoms with van der Waals surface area (Å²) in [6.45, 7) is 5.51. The van der Waals surface area contributed by atoms with Crippen molar-refractivity contribution in [3.8, 4) is 16.3 Å². The molecule has 0 bridgehead atoms. The van der Waals surface area contributed by atoms with Gasteiger partial charge < -0.3 is 10.1 Å². The summed E-state index contributed by atoms with van der Waals surface area (Å²) >= 11 is 1.48. The Kier molecular flexibility index (Phi) is 5.02. The van der Waals surface area contributed by atoms with Gasteiger partial charge in [0, 0.05) is 17.7 Å². The highest BCUT2D eigenvalue weighted by Gasteiger charge is 2.30. The van der Waals surface area contributed by atoms with Gasteiger partial charge in [-0.3, -0.25) is 4.79 Å². The predicted octanol–water partition coefficient (Wildman–Crippen LogP) is 4.21. The minimum absolute atomic E-state index is 0.222. The number of nitrogens with zero attached hydrogens (tertiary/aromatic N) is 4. The molecule has 1 amide bonds. The zero-order valence-electron chi connectivity index (χ0n) is 16.4. The first-order valence-corrected chi connectivity index (χ1v) is 10.1. The van der Waals surface area contributed by atoms with Gasteiger partial charge in [-0.15, -0.1) is 10.2 Å². The van der Waals surface area contributed by atoms with Gasteiger partial charge in [-0.2, -0.15) is 9.61 Å². The number of anilines is 1. The highest BCUT2D eigenvalue weighted by Crippen LogP contribution is 2.27. The van der Waals surface area contributed by atoms with Crippen LogP contribution in [0.1, 0.15) is 26.6 Å². The SMILES string of the molecule is CCc1nnc2sc(-c3ccc(NC(=O)C(C)(C)Oc4ccccc4)cc3)nn12. The van der Waals surface area contributed by atoms with Crippen LogP contribution in [0.5, 0.6) is 5.75 Å². The lowest BCUT2D eigenvalue weighted by atomic mass is 10.1. The van der Waals surface area contributed by atoms with Crippen LogP contribution in [0, 0.1) is 0 Å². The van der Waals surface area contributed by atoms with Gasteiger partial charge >= 0.3 is 0 Å². The maximum absolute atomic E-state index is 12.7. The smallest absolute Gasteiger partial charge is 0.267 e. The molecule has 4 rings (SSSR count). The van der Waals surface area contributed by atoms with Crippen molar-refractivity contribution in [3.05, 3.63) is 60.4 Å². The molecule has 0 radical (unpaired) electrons. The molecule has 0 aliphatic rings. The zero-order chi connectivity index (χ0) is 20.4. The van der Waals surface area contributed by atoms with Crippen molar-refractivity contribution >= 4 is 27.9 Å². The van der Waals surface area contributed by atoms with Gasteiger partial charge in [0.1, 0.15) is 10.8 Å². The topological polar surface area (TPSA) is 81.4 Å². The van der Waals surface area contributed by atoms with Gasteiger partial charge in [0.15, 0.2) is 11.4 Å². The largest absolute Gasteiger partial charge is 0.478 e. The average Bonchev–Trinajstić information content (AvgIpc) is 3.29. The van der Waals surface area contributed by atoms with E-state index in [1.807, 2.05) is 61.5 Å². The Morgan fingerprint density at radius 1 is 1.10 bits per heavy atom. The Bertz CT molecular complexity index is 1130. The second-order valence-corrected chi connectivity index (χ2v) is 7.98. The molecule has 0 spiro atoms. The number of ether oxygens (including phenoxy) is 1. The molecule has 2 aromatic carbocycles. The van der Waals surface area contributed by atoms with Gasteiger partial charge in [-0.1, -0.05) is 36.5 Å². The molecule has 7 nitrogen and oxygen atoms in total. The molecule has 8 heteroatoms. The van der Waals surface area contributed by atoms with Crippen molar-refractivity contribution in [1.82, 2.24) is 19.8 Å². The summed E-state index contributed by atoms with van der Waals surface area (Å²) in [5.41, 5.74) is 0.644. The quantitative estimate of drug-likeness (QED) is 0.518. The summed E-state index contributed by atoms with van der Waals surface area (Å²) in [6.07, 6.45) is 0.774. The molecule has 0 saturated carbocycles. The Hall–Kier alpha value is -3.26. The molecule has 2 heterocycles. The van der Waals surface area contributed by atoms with Crippen LogP contribution in [0.25, 0.3) is 15.5 Å². The van der Waals surface area contributed by atoms with Crippen molar-refractivity contribution in [2.75, 3.05) is 5.32 Å². The van der Waals surface area contributed by atoms with Gasteiger partial charge in [0.05, 0.1) is 0 Å². The molecule has 0 fully saturated rings. The number of hydrogen-bond donors (Lipinski definition) is 1. The van der Waals surface area contributed by atoms with Crippen LogP contribution in [0.15, 0.2) is 54.6 Å². The Morgan fingerprint density at radius 2 is 1.83 bits per heavy atom. The summed E-state index contributed by atoms with van der Waals surface area (Å²) in [5, 5.41) is 16.6. The third-order valence-corrected chi connectivity index (χ3v) is 5.37. The number of aromatic nitrogens is 4. The molecular formula is C21H21N5O2S. The summed E-state index contributed by atoms with van der Waals surface area (Å²) < 4.78 is 7.62. The number of amides is 1. The van der Waals surface area contributed by atoms with E-state index >= 15 is 0 Å². The van der Waals surface area contributed by atoms with E-state index in [1.165, 1.54) is 11.3 Å². The van der Waals surface area contributed by atoms with E-state index in [2.05, 4.69) is 20.6 Å². The van der Waals surface area contributed by atoms with Crippen molar-refractivity contribution in [2.45, 2.75) is 32.8 Å². The van der Waals surface area contributed by atoms with Crippen LogP contribution in [-0.2, 0) is 11.2 Å². The maximum atomic E-state index is 12.7. The molecular weight excluding hydrogens is 386 g/mol. The first-order valence-electron chi connectivity index (χ1n) is 9.33. The lowest BCUT2D eigenvalue weighted by Gasteiger charge is -2.25. The second kappa shape index (κ2) is 7.63. The van der Waals surface area contributed by atoms with Crippen molar-refractivity contribution < 1.29 is 9.53 Å². The molecule has 2 aromatic heterocycles. The molecule has 0 saturated heterocycles. The van der Waals surface area contributed by atoms with Crippen LogP contribution >= 0.6 is 11.3 Å². The van der Waals surface area contributed by atoms with Crippen molar-refractivity contribution in [1.29, 1.82) is 0 Å². The predicted molar refractivity (Wildman–Crippen MR) is 113 cm³/mol. The number of benzene rings is 2. The number of para-hydroxylation sites is 1. The first-order chi connectivity index (χ1) is 14.0. The standard InChI is InChI=1S/C21H21N5O2S/c1-4-17-23-24-20-26(17)25-18(29-20)14-10-12-15(13-11-14)22-19(27)21(2,3)28-16-8-6-5-7-9-16/h5-13H,4H2,1-3H3,(H,22,27). The minimum atomic E-state index is -1.01. The van der Waals surface area contributed by atoms with E-state index in [4.69, 9.17) is 4.74 Å². The van der Waals surface area contributed by atoms with Crippen molar-refractivity contribution in [3.63, 3.8) is 0 Å². The Balaban J connectivity index is 1.47. The monoisotopic (exact) mass is 407 g/mol. The number of rotatable bonds is 6. The van der Waals surface area contributed by atoms with Crippen LogP contribution in [0.4, 0.5) is 5.69 Å². The third-order valence-electron chi connectivity index (χ3n) is 4.42. The number of carbonyl (C=O) groups excluding carboxylic acids is 1. The van der Waals surface area contributed by atoms with Gasteiger partial charge in [0.2, 0.25) is 4.96 Å². The fourth-order valence-electron chi connectivity index (χ4n) is 2.80. The normalized spacial score (nSPS) is 11.6. The van der Waals surface area contributed by atoms with Crippen LogP contribution < -0.4 is 10.1 Å². The molecule has 0 aliphatic carbocycles. The molecule has 1 N–H and O–H groups in total. The molecule has 29 heavy (non-hydrogen) atoms. The Morgan fingerprint density at radius 3 is 2.52 bits per heavy atom. The number of fused-ring (bicyclic) bond motifs is 1. The number of nitrogens with one attached hydrogen (secondary N) is 1. The Labute approximate surface area is 172 Å². The minimum Gasteiger partial charge on any atom is -0.478 e. The molecule has 0 aliphatic heterocycles. The number of hydrogen-bond acceptors (Lipinski definition) is 6. The van der Waals surface area contributed by atoms with Gasteiger partial charge in [-0.05, 0) is 50.2 Å². The lowest BCUT2D eigenvalue weighted by molar-refractivity contribution is -0.128. The first kappa shape index (κ1) is 19.1. The average molecular weight is 407 g/mol. The highest BCUT2D eigenvalue weighted by molar-refractivity contribution is 7.19. The van der Waals surface area contributed by atoms with Crippen molar-refractivity contribution in [2.24, 2.45) is 0 Å². The summed E-state index contributed by atoms with van der Waals surface area (Å²) in [6, 6.07) is 16.9. The summed E-state index contributed by atoms with van der Waals surface area (Å²) in [7, 11) is 0. The fraction of sp³-hybridized carbons (Fsp3) is 0.238. The van der Waals surface area contributed by atoms with E-state index in [9.17, 15) is 4.79 Å². The second-order valence-electron chi connectivity index (χ2n) is 7.03. The summed E-state index contributed by atoms with van der Waals surface area (Å²) in [4.78, 5) is 13.5. The number of aryl methyl sites for hydroxylation is 1. The van der Waals surface area contributed by atoms with E-state index in [0.717, 1.165) is 27.8 Å². The summed E-state index contributed by atoms with van der Waals surface area (Å²) in [5.74, 6) is 1.27. The van der Waals surface area contributed by atoms with Gasteiger partial charge in [-0.25, -0.2) is 0 Å².